The Balaban J connectivity index is 1.55. The summed E-state index contributed by atoms with van der Waals surface area (Å²) >= 11 is 0. The first-order valence-corrected chi connectivity index (χ1v) is 9.97. The topological polar surface area (TPSA) is 89.4 Å². The molecule has 0 radical (unpaired) electrons. The minimum atomic E-state index is 0.359. The molecule has 1 aromatic carbocycles. The minimum absolute atomic E-state index is 0.359. The van der Waals surface area contributed by atoms with Gasteiger partial charge >= 0.3 is 0 Å². The van der Waals surface area contributed by atoms with Crippen LogP contribution in [-0.2, 0) is 29.5 Å². The van der Waals surface area contributed by atoms with Gasteiger partial charge in [0.05, 0.1) is 44.0 Å². The van der Waals surface area contributed by atoms with Crippen LogP contribution in [-0.4, -0.2) is 51.7 Å². The van der Waals surface area contributed by atoms with E-state index in [1.165, 1.54) is 0 Å². The van der Waals surface area contributed by atoms with Crippen molar-refractivity contribution in [1.82, 2.24) is 24.3 Å². The van der Waals surface area contributed by atoms with Gasteiger partial charge in [0.25, 0.3) is 0 Å². The van der Waals surface area contributed by atoms with E-state index in [1.807, 2.05) is 36.1 Å². The molecule has 0 unspecified atom stereocenters. The summed E-state index contributed by atoms with van der Waals surface area (Å²) in [5.74, 6) is 1.26. The number of methoxy groups -OCH3 is 2. The first-order valence-electron chi connectivity index (χ1n) is 9.97. The van der Waals surface area contributed by atoms with Crippen LogP contribution in [0, 0.1) is 0 Å². The molecule has 1 aliphatic heterocycles. The molecular formula is C22H23N5O4. The van der Waals surface area contributed by atoms with Crippen molar-refractivity contribution in [3.05, 3.63) is 53.9 Å². The van der Waals surface area contributed by atoms with E-state index in [1.54, 1.807) is 26.8 Å². The van der Waals surface area contributed by atoms with Crippen LogP contribution in [0.4, 0.5) is 0 Å². The van der Waals surface area contributed by atoms with Crippen molar-refractivity contribution in [2.75, 3.05) is 27.4 Å². The normalized spacial score (nSPS) is 12.2. The fraction of sp³-hybridized carbons (Fsp3) is 0.318. The lowest BCUT2D eigenvalue weighted by atomic mass is 10.0. The number of aromatic nitrogens is 5. The predicted molar refractivity (Wildman–Crippen MR) is 112 cm³/mol. The highest BCUT2D eigenvalue weighted by molar-refractivity contribution is 5.77. The number of hydrogen-bond donors (Lipinski definition) is 0. The van der Waals surface area contributed by atoms with Crippen LogP contribution in [0.25, 0.3) is 28.5 Å². The quantitative estimate of drug-likeness (QED) is 0.373. The van der Waals surface area contributed by atoms with Crippen LogP contribution in [0.5, 0.6) is 5.75 Å². The zero-order valence-corrected chi connectivity index (χ0v) is 17.7. The molecule has 0 N–H and O–H groups in total. The highest BCUT2D eigenvalue weighted by Gasteiger charge is 2.27. The van der Waals surface area contributed by atoms with Crippen molar-refractivity contribution in [3.8, 4) is 34.3 Å². The molecular weight excluding hydrogens is 398 g/mol. The summed E-state index contributed by atoms with van der Waals surface area (Å²) in [7, 11) is 5.23. The van der Waals surface area contributed by atoms with E-state index in [4.69, 9.17) is 23.7 Å². The number of hydrogen-bond acceptors (Lipinski definition) is 7. The highest BCUT2D eigenvalue weighted by Crippen LogP contribution is 2.38. The molecule has 0 fully saturated rings. The molecule has 0 aliphatic carbocycles. The molecule has 4 heterocycles. The lowest BCUT2D eigenvalue weighted by Gasteiger charge is -2.11. The van der Waals surface area contributed by atoms with Crippen molar-refractivity contribution >= 4 is 0 Å². The second-order valence-corrected chi connectivity index (χ2v) is 7.34. The summed E-state index contributed by atoms with van der Waals surface area (Å²) in [6.07, 6.45) is 6.10. The van der Waals surface area contributed by atoms with Crippen LogP contribution in [0.1, 0.15) is 17.0 Å². The van der Waals surface area contributed by atoms with Crippen LogP contribution < -0.4 is 4.74 Å². The Bertz CT molecular complexity index is 1220. The van der Waals surface area contributed by atoms with Crippen molar-refractivity contribution < 1.29 is 18.6 Å². The molecule has 0 spiro atoms. The van der Waals surface area contributed by atoms with Crippen LogP contribution in [0.2, 0.25) is 0 Å². The smallest absolute Gasteiger partial charge is 0.247 e. The molecule has 0 saturated heterocycles. The molecule has 9 heteroatoms. The molecule has 4 aromatic rings. The Labute approximate surface area is 179 Å². The van der Waals surface area contributed by atoms with Crippen molar-refractivity contribution in [2.24, 2.45) is 7.05 Å². The molecule has 31 heavy (non-hydrogen) atoms. The lowest BCUT2D eigenvalue weighted by Crippen LogP contribution is -2.02. The fourth-order valence-electron chi connectivity index (χ4n) is 3.85. The van der Waals surface area contributed by atoms with Gasteiger partial charge in [-0.25, -0.2) is 9.97 Å². The fourth-order valence-corrected chi connectivity index (χ4v) is 3.85. The zero-order valence-electron chi connectivity index (χ0n) is 17.7. The van der Waals surface area contributed by atoms with Gasteiger partial charge in [0.15, 0.2) is 0 Å². The third-order valence-corrected chi connectivity index (χ3v) is 5.28. The van der Waals surface area contributed by atoms with Gasteiger partial charge in [0.2, 0.25) is 5.89 Å². The Morgan fingerprint density at radius 1 is 1.16 bits per heavy atom. The van der Waals surface area contributed by atoms with Gasteiger partial charge in [0.1, 0.15) is 29.7 Å². The van der Waals surface area contributed by atoms with Crippen molar-refractivity contribution in [1.29, 1.82) is 0 Å². The second-order valence-electron chi connectivity index (χ2n) is 7.34. The summed E-state index contributed by atoms with van der Waals surface area (Å²) in [4.78, 5) is 9.23. The van der Waals surface area contributed by atoms with Crippen LogP contribution in [0.15, 0.2) is 41.4 Å². The third-order valence-electron chi connectivity index (χ3n) is 5.28. The summed E-state index contributed by atoms with van der Waals surface area (Å²) in [6, 6.07) is 5.98. The molecule has 0 atom stereocenters. The van der Waals surface area contributed by atoms with Gasteiger partial charge < -0.3 is 23.2 Å². The first-order chi connectivity index (χ1) is 15.2. The largest absolute Gasteiger partial charge is 0.497 e. The van der Waals surface area contributed by atoms with Crippen molar-refractivity contribution in [3.63, 3.8) is 0 Å². The average molecular weight is 421 g/mol. The molecule has 1 aliphatic rings. The number of rotatable bonds is 7. The number of oxazole rings is 1. The molecule has 0 saturated carbocycles. The Morgan fingerprint density at radius 3 is 2.90 bits per heavy atom. The van der Waals surface area contributed by atoms with E-state index in [0.717, 1.165) is 34.0 Å². The second kappa shape index (κ2) is 8.01. The number of benzene rings is 1. The molecule has 9 nitrogen and oxygen atoms in total. The zero-order chi connectivity index (χ0) is 21.4. The summed E-state index contributed by atoms with van der Waals surface area (Å²) in [5, 5.41) is 4.71. The molecule has 5 rings (SSSR count). The number of aryl methyl sites for hydroxylation is 1. The van der Waals surface area contributed by atoms with E-state index < -0.39 is 0 Å². The molecule has 160 valence electrons. The number of ether oxygens (including phenoxy) is 3. The van der Waals surface area contributed by atoms with E-state index in [-0.39, 0.29) is 0 Å². The van der Waals surface area contributed by atoms with E-state index in [2.05, 4.69) is 14.5 Å². The number of fused-ring (bicyclic) bond motifs is 5. The standard InChI is InChI=1S/C22H23N5O4/c1-26-10-14-8-19-21(22-24-15(12-31-22)11-30-7-6-28-2)23-13-27(19)18-5-4-16(29-3)9-17(18)20(14)25-26/h4-5,9-10,12-13H,6-8,11H2,1-3H3. The first kappa shape index (κ1) is 19.5. The third kappa shape index (κ3) is 3.51. The summed E-state index contributed by atoms with van der Waals surface area (Å²) in [5.41, 5.74) is 6.44. The van der Waals surface area contributed by atoms with Gasteiger partial charge in [-0.05, 0) is 18.2 Å². The van der Waals surface area contributed by atoms with Crippen LogP contribution in [0.3, 0.4) is 0 Å². The monoisotopic (exact) mass is 421 g/mol. The molecule has 0 bridgehead atoms. The van der Waals surface area contributed by atoms with Gasteiger partial charge in [-0.3, -0.25) is 4.68 Å². The molecule has 3 aromatic heterocycles. The van der Waals surface area contributed by atoms with Gasteiger partial charge in [-0.1, -0.05) is 0 Å². The Kier molecular flexibility index (Phi) is 5.05. The summed E-state index contributed by atoms with van der Waals surface area (Å²) < 4.78 is 25.7. The van der Waals surface area contributed by atoms with Crippen molar-refractivity contribution in [2.45, 2.75) is 13.0 Å². The number of nitrogens with zero attached hydrogens (tertiary/aromatic N) is 5. The van der Waals surface area contributed by atoms with Gasteiger partial charge in [0, 0.05) is 37.9 Å². The maximum absolute atomic E-state index is 5.75. The average Bonchev–Trinajstić information content (AvgIpc) is 3.48. The number of imidazole rings is 1. The van der Waals surface area contributed by atoms with Gasteiger partial charge in [-0.15, -0.1) is 0 Å². The van der Waals surface area contributed by atoms with E-state index in [9.17, 15) is 0 Å². The predicted octanol–water partition coefficient (Wildman–Crippen LogP) is 3.00. The lowest BCUT2D eigenvalue weighted by molar-refractivity contribution is 0.0602. The maximum Gasteiger partial charge on any atom is 0.247 e. The maximum atomic E-state index is 5.75. The minimum Gasteiger partial charge on any atom is -0.497 e. The van der Waals surface area contributed by atoms with Crippen LogP contribution >= 0.6 is 0 Å². The Hall–Kier alpha value is -3.43. The van der Waals surface area contributed by atoms with Gasteiger partial charge in [-0.2, -0.15) is 5.10 Å². The summed E-state index contributed by atoms with van der Waals surface area (Å²) in [6.45, 7) is 1.40. The molecule has 0 amide bonds. The Morgan fingerprint density at radius 2 is 2.06 bits per heavy atom. The van der Waals surface area contributed by atoms with E-state index in [0.29, 0.717) is 43.5 Å². The highest BCUT2D eigenvalue weighted by atomic mass is 16.5. The van der Waals surface area contributed by atoms with E-state index >= 15 is 0 Å². The SMILES string of the molecule is COCCOCc1coc(-c2ncn3c2Cc2cn(C)nc2-c2cc(OC)ccc2-3)n1.